The van der Waals surface area contributed by atoms with Crippen molar-refractivity contribution in [1.82, 2.24) is 10.2 Å². The van der Waals surface area contributed by atoms with E-state index < -0.39 is 0 Å². The minimum Gasteiger partial charge on any atom is -0.340 e. The topological polar surface area (TPSA) is 32.3 Å². The second kappa shape index (κ2) is 7.88. The van der Waals surface area contributed by atoms with Crippen LogP contribution in [0.5, 0.6) is 0 Å². The van der Waals surface area contributed by atoms with Gasteiger partial charge in [-0.25, -0.2) is 0 Å². The second-order valence-electron chi connectivity index (χ2n) is 4.81. The van der Waals surface area contributed by atoms with E-state index in [9.17, 15) is 4.79 Å². The van der Waals surface area contributed by atoms with Gasteiger partial charge in [0.25, 0.3) is 0 Å². The number of carbonyl (C=O) groups excluding carboxylic acids is 1. The Labute approximate surface area is 129 Å². The molecular weight excluding hydrogens is 328 g/mol. The summed E-state index contributed by atoms with van der Waals surface area (Å²) in [5.74, 6) is 0.337. The first-order chi connectivity index (χ1) is 8.66. The molecule has 1 aromatic rings. The molecule has 1 aliphatic rings. The summed E-state index contributed by atoms with van der Waals surface area (Å²) in [6.45, 7) is 5.52. The third-order valence-electron chi connectivity index (χ3n) is 3.31. The molecule has 5 heteroatoms. The summed E-state index contributed by atoms with van der Waals surface area (Å²) in [6.07, 6.45) is 0.816. The molecule has 3 nitrogen and oxygen atoms in total. The fraction of sp³-hybridized carbons (Fsp3) is 0.500. The van der Waals surface area contributed by atoms with Gasteiger partial charge in [-0.3, -0.25) is 4.79 Å². The Kier molecular flexibility index (Phi) is 6.83. The van der Waals surface area contributed by atoms with Gasteiger partial charge in [0.2, 0.25) is 5.91 Å². The maximum atomic E-state index is 12.3. The summed E-state index contributed by atoms with van der Waals surface area (Å²) in [6, 6.07) is 8.20. The monoisotopic (exact) mass is 346 g/mol. The number of carbonyl (C=O) groups is 1. The fourth-order valence-electron chi connectivity index (χ4n) is 2.26. The number of halogens is 2. The zero-order valence-corrected chi connectivity index (χ0v) is 13.5. The zero-order valence-electron chi connectivity index (χ0n) is 11.1. The van der Waals surface area contributed by atoms with Crippen molar-refractivity contribution < 1.29 is 4.79 Å². The van der Waals surface area contributed by atoms with Gasteiger partial charge in [-0.05, 0) is 24.1 Å². The van der Waals surface area contributed by atoms with Crippen LogP contribution in [0.15, 0.2) is 28.7 Å². The first-order valence-electron chi connectivity index (χ1n) is 6.41. The summed E-state index contributed by atoms with van der Waals surface area (Å²) in [5, 5.41) is 3.27. The Balaban J connectivity index is 0.00000180. The van der Waals surface area contributed by atoms with Crippen LogP contribution < -0.4 is 5.32 Å². The largest absolute Gasteiger partial charge is 0.340 e. The van der Waals surface area contributed by atoms with Gasteiger partial charge >= 0.3 is 0 Å². The highest BCUT2D eigenvalue weighted by atomic mass is 79.9. The Morgan fingerprint density at radius 1 is 1.32 bits per heavy atom. The number of nitrogens with one attached hydrogen (secondary N) is 1. The van der Waals surface area contributed by atoms with E-state index in [1.807, 2.05) is 24.0 Å². The van der Waals surface area contributed by atoms with Gasteiger partial charge in [0.15, 0.2) is 0 Å². The molecule has 0 aromatic heterocycles. The zero-order chi connectivity index (χ0) is 13.0. The normalized spacial score (nSPS) is 16.6. The summed E-state index contributed by atoms with van der Waals surface area (Å²) in [5.41, 5.74) is 1.22. The molecule has 1 aromatic carbocycles. The number of piperazine rings is 1. The van der Waals surface area contributed by atoms with E-state index in [4.69, 9.17) is 0 Å². The SMILES string of the molecule is CC(Cc1ccc(Br)cc1)C(=O)N1CCNCC1.Cl. The lowest BCUT2D eigenvalue weighted by Gasteiger charge is -2.29. The highest BCUT2D eigenvalue weighted by molar-refractivity contribution is 9.10. The molecule has 1 unspecified atom stereocenters. The summed E-state index contributed by atoms with van der Waals surface area (Å²) in [7, 11) is 0. The van der Waals surface area contributed by atoms with Gasteiger partial charge in [0, 0.05) is 36.6 Å². The molecule has 1 amide bonds. The highest BCUT2D eigenvalue weighted by Crippen LogP contribution is 2.15. The first-order valence-corrected chi connectivity index (χ1v) is 7.20. The van der Waals surface area contributed by atoms with Crippen molar-refractivity contribution in [3.05, 3.63) is 34.3 Å². The molecule has 0 bridgehead atoms. The molecule has 106 valence electrons. The van der Waals surface area contributed by atoms with E-state index in [0.29, 0.717) is 0 Å². The van der Waals surface area contributed by atoms with Crippen LogP contribution in [0.1, 0.15) is 12.5 Å². The van der Waals surface area contributed by atoms with E-state index >= 15 is 0 Å². The van der Waals surface area contributed by atoms with E-state index in [2.05, 4.69) is 33.4 Å². The quantitative estimate of drug-likeness (QED) is 0.911. The molecule has 19 heavy (non-hydrogen) atoms. The summed E-state index contributed by atoms with van der Waals surface area (Å²) >= 11 is 3.42. The van der Waals surface area contributed by atoms with Gasteiger partial charge in [-0.1, -0.05) is 35.0 Å². The molecule has 1 atom stereocenters. The first kappa shape index (κ1) is 16.5. The number of hydrogen-bond acceptors (Lipinski definition) is 2. The summed E-state index contributed by atoms with van der Waals surface area (Å²) in [4.78, 5) is 14.2. The molecule has 1 heterocycles. The average Bonchev–Trinajstić information content (AvgIpc) is 2.41. The number of hydrogen-bond donors (Lipinski definition) is 1. The lowest BCUT2D eigenvalue weighted by molar-refractivity contribution is -0.135. The smallest absolute Gasteiger partial charge is 0.225 e. The van der Waals surface area contributed by atoms with Crippen molar-refractivity contribution in [3.8, 4) is 0 Å². The van der Waals surface area contributed by atoms with Crippen LogP contribution in [0, 0.1) is 5.92 Å². The van der Waals surface area contributed by atoms with Crippen LogP contribution in [-0.4, -0.2) is 37.0 Å². The van der Waals surface area contributed by atoms with Crippen molar-refractivity contribution in [2.45, 2.75) is 13.3 Å². The Bertz CT molecular complexity index is 404. The standard InChI is InChI=1S/C14H19BrN2O.ClH/c1-11(10-12-2-4-13(15)5-3-12)14(18)17-8-6-16-7-9-17;/h2-5,11,16H,6-10H2,1H3;1H. The molecule has 0 radical (unpaired) electrons. The lowest BCUT2D eigenvalue weighted by Crippen LogP contribution is -2.48. The fourth-order valence-corrected chi connectivity index (χ4v) is 2.52. The van der Waals surface area contributed by atoms with Crippen LogP contribution in [-0.2, 0) is 11.2 Å². The number of nitrogens with zero attached hydrogens (tertiary/aromatic N) is 1. The van der Waals surface area contributed by atoms with Gasteiger partial charge in [0.1, 0.15) is 0 Å². The molecule has 0 spiro atoms. The highest BCUT2D eigenvalue weighted by Gasteiger charge is 2.21. The molecular formula is C14H20BrClN2O. The Morgan fingerprint density at radius 3 is 2.47 bits per heavy atom. The van der Waals surface area contributed by atoms with E-state index in [0.717, 1.165) is 37.1 Å². The van der Waals surface area contributed by atoms with Gasteiger partial charge < -0.3 is 10.2 Å². The van der Waals surface area contributed by atoms with Crippen molar-refractivity contribution in [2.75, 3.05) is 26.2 Å². The Hall–Kier alpha value is -0.580. The predicted octanol–water partition coefficient (Wildman–Crippen LogP) is 2.48. The van der Waals surface area contributed by atoms with E-state index in [1.54, 1.807) is 0 Å². The van der Waals surface area contributed by atoms with Crippen molar-refractivity contribution in [1.29, 1.82) is 0 Å². The van der Waals surface area contributed by atoms with Crippen molar-refractivity contribution in [2.24, 2.45) is 5.92 Å². The number of amides is 1. The second-order valence-corrected chi connectivity index (χ2v) is 5.72. The summed E-state index contributed by atoms with van der Waals surface area (Å²) < 4.78 is 1.08. The third kappa shape index (κ3) is 4.79. The molecule has 1 aliphatic heterocycles. The van der Waals surface area contributed by atoms with E-state index in [1.165, 1.54) is 5.56 Å². The van der Waals surface area contributed by atoms with Crippen LogP contribution in [0.25, 0.3) is 0 Å². The lowest BCUT2D eigenvalue weighted by atomic mass is 9.99. The van der Waals surface area contributed by atoms with Crippen molar-refractivity contribution in [3.63, 3.8) is 0 Å². The van der Waals surface area contributed by atoms with Crippen LogP contribution >= 0.6 is 28.3 Å². The van der Waals surface area contributed by atoms with E-state index in [-0.39, 0.29) is 24.2 Å². The van der Waals surface area contributed by atoms with Gasteiger partial charge in [-0.15, -0.1) is 12.4 Å². The molecule has 1 fully saturated rings. The molecule has 1 saturated heterocycles. The number of benzene rings is 1. The minimum atomic E-state index is 0. The predicted molar refractivity (Wildman–Crippen MR) is 83.7 cm³/mol. The van der Waals surface area contributed by atoms with Gasteiger partial charge in [-0.2, -0.15) is 0 Å². The van der Waals surface area contributed by atoms with Crippen molar-refractivity contribution >= 4 is 34.2 Å². The molecule has 1 N–H and O–H groups in total. The van der Waals surface area contributed by atoms with Crippen LogP contribution in [0.4, 0.5) is 0 Å². The number of rotatable bonds is 3. The maximum Gasteiger partial charge on any atom is 0.225 e. The minimum absolute atomic E-state index is 0. The molecule has 2 rings (SSSR count). The van der Waals surface area contributed by atoms with Crippen LogP contribution in [0.3, 0.4) is 0 Å². The van der Waals surface area contributed by atoms with Gasteiger partial charge in [0.05, 0.1) is 0 Å². The average molecular weight is 348 g/mol. The van der Waals surface area contributed by atoms with Crippen LogP contribution in [0.2, 0.25) is 0 Å². The third-order valence-corrected chi connectivity index (χ3v) is 3.83. The molecule has 0 aliphatic carbocycles. The maximum absolute atomic E-state index is 12.3. The molecule has 0 saturated carbocycles. The Morgan fingerprint density at radius 2 is 1.89 bits per heavy atom.